The number of aromatic carboxylic acids is 1. The monoisotopic (exact) mass is 279 g/mol. The summed E-state index contributed by atoms with van der Waals surface area (Å²) in [5.41, 5.74) is 0.0898. The molecule has 1 aromatic heterocycles. The zero-order valence-corrected chi connectivity index (χ0v) is 12.2. The fourth-order valence-electron chi connectivity index (χ4n) is 2.44. The van der Waals surface area contributed by atoms with Gasteiger partial charge in [-0.1, -0.05) is 0 Å². The lowest BCUT2D eigenvalue weighted by Crippen LogP contribution is -2.59. The standard InChI is InChI=1S/C14H21N3O3/c1-14(2)10-17(8-7-15(14)3)12(18)9-16-6-4-5-11(16)13(19)20/h4-6H,7-10H2,1-3H3,(H,19,20). The Bertz CT molecular complexity index is 521. The summed E-state index contributed by atoms with van der Waals surface area (Å²) in [5.74, 6) is -1.05. The van der Waals surface area contributed by atoms with Gasteiger partial charge in [0.25, 0.3) is 0 Å². The number of carboxylic acid groups (broad SMARTS) is 1. The molecular weight excluding hydrogens is 258 g/mol. The van der Waals surface area contributed by atoms with Gasteiger partial charge in [0.05, 0.1) is 0 Å². The summed E-state index contributed by atoms with van der Waals surface area (Å²) in [6.45, 7) is 6.45. The third kappa shape index (κ3) is 2.85. The van der Waals surface area contributed by atoms with E-state index in [-0.39, 0.29) is 23.7 Å². The summed E-state index contributed by atoms with van der Waals surface area (Å²) in [7, 11) is 2.05. The molecule has 110 valence electrons. The van der Waals surface area contributed by atoms with Gasteiger partial charge in [0.15, 0.2) is 0 Å². The van der Waals surface area contributed by atoms with Crippen molar-refractivity contribution in [1.29, 1.82) is 0 Å². The molecule has 20 heavy (non-hydrogen) atoms. The summed E-state index contributed by atoms with van der Waals surface area (Å²) in [5, 5.41) is 9.04. The average Bonchev–Trinajstić information content (AvgIpc) is 2.80. The average molecular weight is 279 g/mol. The van der Waals surface area contributed by atoms with Crippen molar-refractivity contribution in [2.45, 2.75) is 25.9 Å². The van der Waals surface area contributed by atoms with E-state index in [4.69, 9.17) is 5.11 Å². The van der Waals surface area contributed by atoms with Crippen molar-refractivity contribution in [3.05, 3.63) is 24.0 Å². The van der Waals surface area contributed by atoms with E-state index in [9.17, 15) is 9.59 Å². The van der Waals surface area contributed by atoms with E-state index in [1.165, 1.54) is 10.6 Å². The van der Waals surface area contributed by atoms with Crippen molar-refractivity contribution < 1.29 is 14.7 Å². The van der Waals surface area contributed by atoms with Crippen molar-refractivity contribution in [3.63, 3.8) is 0 Å². The topological polar surface area (TPSA) is 65.8 Å². The number of hydrogen-bond acceptors (Lipinski definition) is 3. The molecule has 1 aliphatic rings. The van der Waals surface area contributed by atoms with Crippen LogP contribution in [0.25, 0.3) is 0 Å². The summed E-state index contributed by atoms with van der Waals surface area (Å²) >= 11 is 0. The molecule has 0 bridgehead atoms. The number of nitrogens with zero attached hydrogens (tertiary/aromatic N) is 3. The highest BCUT2D eigenvalue weighted by Gasteiger charge is 2.33. The van der Waals surface area contributed by atoms with E-state index in [0.717, 1.165) is 6.54 Å². The fourth-order valence-corrected chi connectivity index (χ4v) is 2.44. The second-order valence-electron chi connectivity index (χ2n) is 5.88. The minimum atomic E-state index is -1.01. The number of aromatic nitrogens is 1. The highest BCUT2D eigenvalue weighted by atomic mass is 16.4. The molecule has 2 rings (SSSR count). The van der Waals surface area contributed by atoms with Crippen LogP contribution < -0.4 is 0 Å². The SMILES string of the molecule is CN1CCN(C(=O)Cn2cccc2C(=O)O)CC1(C)C. The van der Waals surface area contributed by atoms with Crippen LogP contribution in [-0.2, 0) is 11.3 Å². The van der Waals surface area contributed by atoms with Crippen LogP contribution in [0.3, 0.4) is 0 Å². The Labute approximate surface area is 118 Å². The van der Waals surface area contributed by atoms with Gasteiger partial charge in [-0.05, 0) is 33.0 Å². The maximum atomic E-state index is 12.3. The number of carbonyl (C=O) groups is 2. The predicted molar refractivity (Wildman–Crippen MR) is 74.7 cm³/mol. The van der Waals surface area contributed by atoms with E-state index in [1.807, 2.05) is 4.90 Å². The van der Waals surface area contributed by atoms with Crippen LogP contribution in [0.15, 0.2) is 18.3 Å². The Hall–Kier alpha value is -1.82. The number of hydrogen-bond donors (Lipinski definition) is 1. The molecule has 6 heteroatoms. The summed E-state index contributed by atoms with van der Waals surface area (Å²) in [6, 6.07) is 3.15. The van der Waals surface area contributed by atoms with Gasteiger partial charge in [0.2, 0.25) is 5.91 Å². The maximum Gasteiger partial charge on any atom is 0.352 e. The van der Waals surface area contributed by atoms with Crippen molar-refractivity contribution in [2.75, 3.05) is 26.7 Å². The Morgan fingerprint density at radius 1 is 1.35 bits per heavy atom. The molecule has 0 atom stereocenters. The van der Waals surface area contributed by atoms with Crippen LogP contribution in [0.1, 0.15) is 24.3 Å². The molecule has 0 spiro atoms. The van der Waals surface area contributed by atoms with Gasteiger partial charge in [-0.25, -0.2) is 4.79 Å². The van der Waals surface area contributed by atoms with Crippen LogP contribution in [0.4, 0.5) is 0 Å². The molecule has 0 unspecified atom stereocenters. The Morgan fingerprint density at radius 3 is 2.65 bits per heavy atom. The lowest BCUT2D eigenvalue weighted by Gasteiger charge is -2.45. The third-order valence-corrected chi connectivity index (χ3v) is 4.02. The van der Waals surface area contributed by atoms with Crippen LogP contribution in [0.5, 0.6) is 0 Å². The number of carbonyl (C=O) groups excluding carboxylic acids is 1. The van der Waals surface area contributed by atoms with E-state index in [1.54, 1.807) is 12.3 Å². The van der Waals surface area contributed by atoms with E-state index in [0.29, 0.717) is 13.1 Å². The van der Waals surface area contributed by atoms with Gasteiger partial charge < -0.3 is 14.6 Å². The van der Waals surface area contributed by atoms with Gasteiger partial charge in [0.1, 0.15) is 12.2 Å². The molecular formula is C14H21N3O3. The first-order valence-corrected chi connectivity index (χ1v) is 6.69. The molecule has 1 N–H and O–H groups in total. The molecule has 1 aromatic rings. The zero-order valence-electron chi connectivity index (χ0n) is 12.2. The van der Waals surface area contributed by atoms with E-state index < -0.39 is 5.97 Å². The van der Waals surface area contributed by atoms with Crippen LogP contribution >= 0.6 is 0 Å². The molecule has 1 fully saturated rings. The molecule has 1 amide bonds. The van der Waals surface area contributed by atoms with Crippen LogP contribution in [0.2, 0.25) is 0 Å². The molecule has 0 aliphatic carbocycles. The minimum absolute atomic E-state index is 0.0372. The first-order chi connectivity index (χ1) is 9.31. The van der Waals surface area contributed by atoms with Crippen molar-refractivity contribution in [1.82, 2.24) is 14.4 Å². The summed E-state index contributed by atoms with van der Waals surface area (Å²) in [4.78, 5) is 27.4. The highest BCUT2D eigenvalue weighted by Crippen LogP contribution is 2.19. The van der Waals surface area contributed by atoms with E-state index >= 15 is 0 Å². The number of piperazine rings is 1. The molecule has 2 heterocycles. The second-order valence-corrected chi connectivity index (χ2v) is 5.88. The third-order valence-electron chi connectivity index (χ3n) is 4.02. The molecule has 1 saturated heterocycles. The smallest absolute Gasteiger partial charge is 0.352 e. The van der Waals surface area contributed by atoms with Gasteiger partial charge in [-0.15, -0.1) is 0 Å². The first-order valence-electron chi connectivity index (χ1n) is 6.69. The van der Waals surface area contributed by atoms with Gasteiger partial charge in [0, 0.05) is 31.4 Å². The molecule has 6 nitrogen and oxygen atoms in total. The quantitative estimate of drug-likeness (QED) is 0.886. The zero-order chi connectivity index (χ0) is 14.9. The number of amides is 1. The lowest BCUT2D eigenvalue weighted by molar-refractivity contribution is -0.136. The van der Waals surface area contributed by atoms with Crippen molar-refractivity contribution >= 4 is 11.9 Å². The molecule has 0 saturated carbocycles. The Kier molecular flexibility index (Phi) is 3.85. The predicted octanol–water partition coefficient (Wildman–Crippen LogP) is 0.739. The highest BCUT2D eigenvalue weighted by molar-refractivity contribution is 5.87. The fraction of sp³-hybridized carbons (Fsp3) is 0.571. The maximum absolute atomic E-state index is 12.3. The lowest BCUT2D eigenvalue weighted by atomic mass is 10.00. The number of likely N-dealkylation sites (N-methyl/N-ethyl adjacent to an activating group) is 1. The normalized spacial score (nSPS) is 19.1. The molecule has 0 aromatic carbocycles. The van der Waals surface area contributed by atoms with Gasteiger partial charge in [-0.2, -0.15) is 0 Å². The van der Waals surface area contributed by atoms with Gasteiger partial charge >= 0.3 is 5.97 Å². The van der Waals surface area contributed by atoms with Crippen molar-refractivity contribution in [2.24, 2.45) is 0 Å². The Morgan fingerprint density at radius 2 is 2.05 bits per heavy atom. The van der Waals surface area contributed by atoms with Crippen LogP contribution in [0, 0.1) is 0 Å². The number of carboxylic acids is 1. The Balaban J connectivity index is 2.05. The van der Waals surface area contributed by atoms with Crippen molar-refractivity contribution in [3.8, 4) is 0 Å². The molecule has 1 aliphatic heterocycles. The first kappa shape index (κ1) is 14.6. The largest absolute Gasteiger partial charge is 0.477 e. The minimum Gasteiger partial charge on any atom is -0.477 e. The summed E-state index contributed by atoms with van der Waals surface area (Å²) < 4.78 is 1.48. The van der Waals surface area contributed by atoms with Crippen LogP contribution in [-0.4, -0.2) is 63.6 Å². The van der Waals surface area contributed by atoms with Gasteiger partial charge in [-0.3, -0.25) is 9.69 Å². The molecule has 0 radical (unpaired) electrons. The van der Waals surface area contributed by atoms with E-state index in [2.05, 4.69) is 25.8 Å². The number of rotatable bonds is 3. The second kappa shape index (κ2) is 5.28. The summed E-state index contributed by atoms with van der Waals surface area (Å²) in [6.07, 6.45) is 1.63.